The van der Waals surface area contributed by atoms with Gasteiger partial charge in [0, 0.05) is 0 Å². The second kappa shape index (κ2) is 4.40. The standard InChI is InChI=1S/C12H8ClN3O/c1-8-11(7-17)12(13)16(15-8)10-4-2-3-9(5-10)6-14/h2-5,7H,1H3. The smallest absolute Gasteiger partial charge is 0.155 e. The normalized spacial score (nSPS) is 9.94. The minimum Gasteiger partial charge on any atom is -0.298 e. The molecule has 0 saturated heterocycles. The molecule has 0 fully saturated rings. The van der Waals surface area contributed by atoms with Crippen molar-refractivity contribution < 1.29 is 4.79 Å². The van der Waals surface area contributed by atoms with E-state index in [0.717, 1.165) is 0 Å². The Morgan fingerprint density at radius 1 is 1.53 bits per heavy atom. The maximum Gasteiger partial charge on any atom is 0.155 e. The number of halogens is 1. The lowest BCUT2D eigenvalue weighted by Crippen LogP contribution is -1.97. The third kappa shape index (κ3) is 1.93. The summed E-state index contributed by atoms with van der Waals surface area (Å²) in [5.74, 6) is 0. The van der Waals surface area contributed by atoms with Gasteiger partial charge in [-0.3, -0.25) is 4.79 Å². The molecule has 84 valence electrons. The SMILES string of the molecule is Cc1nn(-c2cccc(C#N)c2)c(Cl)c1C=O. The van der Waals surface area contributed by atoms with Gasteiger partial charge in [-0.05, 0) is 25.1 Å². The average molecular weight is 246 g/mol. The van der Waals surface area contributed by atoms with Crippen LogP contribution in [0.1, 0.15) is 21.6 Å². The van der Waals surface area contributed by atoms with Gasteiger partial charge in [0.05, 0.1) is 28.6 Å². The van der Waals surface area contributed by atoms with Crippen molar-refractivity contribution in [2.45, 2.75) is 6.92 Å². The number of carbonyl (C=O) groups excluding carboxylic acids is 1. The molecular formula is C12H8ClN3O. The van der Waals surface area contributed by atoms with Gasteiger partial charge in [-0.25, -0.2) is 4.68 Å². The highest BCUT2D eigenvalue weighted by molar-refractivity contribution is 6.32. The maximum atomic E-state index is 10.8. The van der Waals surface area contributed by atoms with E-state index in [0.29, 0.717) is 28.8 Å². The van der Waals surface area contributed by atoms with Gasteiger partial charge in [-0.1, -0.05) is 17.7 Å². The van der Waals surface area contributed by atoms with E-state index in [-0.39, 0.29) is 5.15 Å². The van der Waals surface area contributed by atoms with Crippen molar-refractivity contribution in [1.82, 2.24) is 9.78 Å². The molecule has 0 spiro atoms. The van der Waals surface area contributed by atoms with E-state index in [4.69, 9.17) is 16.9 Å². The lowest BCUT2D eigenvalue weighted by Gasteiger charge is -2.02. The lowest BCUT2D eigenvalue weighted by atomic mass is 10.2. The third-order valence-electron chi connectivity index (χ3n) is 2.39. The number of aromatic nitrogens is 2. The fourth-order valence-corrected chi connectivity index (χ4v) is 1.84. The third-order valence-corrected chi connectivity index (χ3v) is 2.75. The van der Waals surface area contributed by atoms with Crippen LogP contribution in [-0.2, 0) is 0 Å². The molecule has 0 aliphatic carbocycles. The second-order valence-corrected chi connectivity index (χ2v) is 3.84. The van der Waals surface area contributed by atoms with Crippen LogP contribution in [0, 0.1) is 18.3 Å². The first kappa shape index (κ1) is 11.4. The molecule has 1 aromatic heterocycles. The predicted molar refractivity (Wildman–Crippen MR) is 63.4 cm³/mol. The molecule has 1 heterocycles. The predicted octanol–water partition coefficient (Wildman–Crippen LogP) is 2.52. The fourth-order valence-electron chi connectivity index (χ4n) is 1.52. The van der Waals surface area contributed by atoms with Gasteiger partial charge in [0.15, 0.2) is 6.29 Å². The molecule has 0 radical (unpaired) electrons. The monoisotopic (exact) mass is 245 g/mol. The molecule has 0 atom stereocenters. The molecule has 0 saturated carbocycles. The highest BCUT2D eigenvalue weighted by atomic mass is 35.5. The summed E-state index contributed by atoms with van der Waals surface area (Å²) in [7, 11) is 0. The van der Waals surface area contributed by atoms with Gasteiger partial charge < -0.3 is 0 Å². The van der Waals surface area contributed by atoms with Gasteiger partial charge in [0.1, 0.15) is 5.15 Å². The Hall–Kier alpha value is -2.12. The zero-order valence-corrected chi connectivity index (χ0v) is 9.77. The van der Waals surface area contributed by atoms with Crippen LogP contribution >= 0.6 is 11.6 Å². The molecule has 0 aliphatic rings. The number of hydrogen-bond donors (Lipinski definition) is 0. The van der Waals surface area contributed by atoms with Crippen LogP contribution in [0.25, 0.3) is 5.69 Å². The van der Waals surface area contributed by atoms with Gasteiger partial charge in [-0.15, -0.1) is 0 Å². The summed E-state index contributed by atoms with van der Waals surface area (Å²) < 4.78 is 1.45. The largest absolute Gasteiger partial charge is 0.298 e. The number of nitrogens with zero attached hydrogens (tertiary/aromatic N) is 3. The summed E-state index contributed by atoms with van der Waals surface area (Å²) in [6, 6.07) is 8.90. The fraction of sp³-hybridized carbons (Fsp3) is 0.0833. The molecule has 2 rings (SSSR count). The molecule has 0 bridgehead atoms. The topological polar surface area (TPSA) is 58.7 Å². The van der Waals surface area contributed by atoms with E-state index in [1.54, 1.807) is 31.2 Å². The molecular weight excluding hydrogens is 238 g/mol. The van der Waals surface area contributed by atoms with E-state index in [1.807, 2.05) is 6.07 Å². The molecule has 0 N–H and O–H groups in total. The maximum absolute atomic E-state index is 10.8. The Morgan fingerprint density at radius 3 is 2.88 bits per heavy atom. The summed E-state index contributed by atoms with van der Waals surface area (Å²) >= 11 is 6.05. The Labute approximate surface area is 103 Å². The van der Waals surface area contributed by atoms with Gasteiger partial charge >= 0.3 is 0 Å². The first-order valence-electron chi connectivity index (χ1n) is 4.88. The van der Waals surface area contributed by atoms with Crippen LogP contribution < -0.4 is 0 Å². The average Bonchev–Trinajstić information content (AvgIpc) is 2.64. The highest BCUT2D eigenvalue weighted by Gasteiger charge is 2.13. The number of rotatable bonds is 2. The Morgan fingerprint density at radius 2 is 2.29 bits per heavy atom. The number of carbonyl (C=O) groups is 1. The Kier molecular flexibility index (Phi) is 2.94. The van der Waals surface area contributed by atoms with Crippen LogP contribution in [0.2, 0.25) is 5.15 Å². The van der Waals surface area contributed by atoms with Crippen molar-refractivity contribution in [3.8, 4) is 11.8 Å². The zero-order chi connectivity index (χ0) is 12.4. The number of benzene rings is 1. The van der Waals surface area contributed by atoms with Crippen LogP contribution in [0.4, 0.5) is 0 Å². The summed E-state index contributed by atoms with van der Waals surface area (Å²) in [6.07, 6.45) is 0.676. The van der Waals surface area contributed by atoms with Crippen molar-refractivity contribution in [2.75, 3.05) is 0 Å². The first-order chi connectivity index (χ1) is 8.17. The second-order valence-electron chi connectivity index (χ2n) is 3.48. The quantitative estimate of drug-likeness (QED) is 0.764. The number of aryl methyl sites for hydroxylation is 1. The summed E-state index contributed by atoms with van der Waals surface area (Å²) in [5.41, 5.74) is 2.10. The van der Waals surface area contributed by atoms with E-state index < -0.39 is 0 Å². The van der Waals surface area contributed by atoms with Crippen molar-refractivity contribution in [3.63, 3.8) is 0 Å². The molecule has 2 aromatic rings. The molecule has 17 heavy (non-hydrogen) atoms. The van der Waals surface area contributed by atoms with Crippen LogP contribution in [0.3, 0.4) is 0 Å². The van der Waals surface area contributed by atoms with Crippen LogP contribution in [0.15, 0.2) is 24.3 Å². The van der Waals surface area contributed by atoms with Crippen molar-refractivity contribution in [2.24, 2.45) is 0 Å². The van der Waals surface area contributed by atoms with E-state index in [1.165, 1.54) is 4.68 Å². The molecule has 5 heteroatoms. The summed E-state index contributed by atoms with van der Waals surface area (Å²) in [4.78, 5) is 10.8. The first-order valence-corrected chi connectivity index (χ1v) is 5.26. The van der Waals surface area contributed by atoms with Gasteiger partial charge in [0.2, 0.25) is 0 Å². The summed E-state index contributed by atoms with van der Waals surface area (Å²) in [6.45, 7) is 1.71. The van der Waals surface area contributed by atoms with Crippen molar-refractivity contribution >= 4 is 17.9 Å². The lowest BCUT2D eigenvalue weighted by molar-refractivity contribution is 0.112. The minimum atomic E-state index is 0.257. The minimum absolute atomic E-state index is 0.257. The van der Waals surface area contributed by atoms with E-state index >= 15 is 0 Å². The van der Waals surface area contributed by atoms with Gasteiger partial charge in [0.25, 0.3) is 0 Å². The van der Waals surface area contributed by atoms with E-state index in [2.05, 4.69) is 5.10 Å². The Bertz CT molecular complexity index is 625. The van der Waals surface area contributed by atoms with Crippen LogP contribution in [-0.4, -0.2) is 16.1 Å². The van der Waals surface area contributed by atoms with Gasteiger partial charge in [-0.2, -0.15) is 10.4 Å². The number of nitriles is 1. The summed E-state index contributed by atoms with van der Waals surface area (Å²) in [5, 5.41) is 13.2. The molecule has 0 unspecified atom stereocenters. The molecule has 4 nitrogen and oxygen atoms in total. The van der Waals surface area contributed by atoms with Crippen molar-refractivity contribution in [3.05, 3.63) is 46.2 Å². The molecule has 0 aliphatic heterocycles. The Balaban J connectivity index is 2.61. The zero-order valence-electron chi connectivity index (χ0n) is 9.01. The van der Waals surface area contributed by atoms with E-state index in [9.17, 15) is 4.79 Å². The molecule has 1 aromatic carbocycles. The molecule has 0 amide bonds. The van der Waals surface area contributed by atoms with Crippen molar-refractivity contribution in [1.29, 1.82) is 5.26 Å². The number of aldehydes is 1. The highest BCUT2D eigenvalue weighted by Crippen LogP contribution is 2.22. The van der Waals surface area contributed by atoms with Crippen LogP contribution in [0.5, 0.6) is 0 Å². The number of hydrogen-bond acceptors (Lipinski definition) is 3.